The highest BCUT2D eigenvalue weighted by Crippen LogP contribution is 2.16. The van der Waals surface area contributed by atoms with E-state index in [-0.39, 0.29) is 11.4 Å². The molecule has 1 aliphatic rings. The van der Waals surface area contributed by atoms with Gasteiger partial charge < -0.3 is 15.1 Å². The van der Waals surface area contributed by atoms with E-state index in [0.717, 1.165) is 49.1 Å². The van der Waals surface area contributed by atoms with Crippen LogP contribution in [0.2, 0.25) is 0 Å². The summed E-state index contributed by atoms with van der Waals surface area (Å²) in [6, 6.07) is 8.25. The summed E-state index contributed by atoms with van der Waals surface area (Å²) >= 11 is 5.75. The van der Waals surface area contributed by atoms with Gasteiger partial charge in [-0.1, -0.05) is 18.2 Å². The SMILES string of the molecule is Cc1ccccc1-n1c(C)nn(C[NH+]2CC[NH+](CC(=O)NC(C)(C)C)CC2)c1=S. The zero-order valence-corrected chi connectivity index (χ0v) is 19.0. The molecule has 1 aliphatic heterocycles. The first-order chi connectivity index (χ1) is 13.6. The van der Waals surface area contributed by atoms with E-state index < -0.39 is 0 Å². The normalized spacial score (nSPS) is 19.9. The van der Waals surface area contributed by atoms with Crippen LogP contribution in [0.15, 0.2) is 24.3 Å². The van der Waals surface area contributed by atoms with Gasteiger partial charge in [0.05, 0.1) is 5.69 Å². The van der Waals surface area contributed by atoms with E-state index in [2.05, 4.69) is 28.9 Å². The predicted octanol–water partition coefficient (Wildman–Crippen LogP) is -0.324. The molecule has 1 amide bonds. The van der Waals surface area contributed by atoms with Crippen LogP contribution >= 0.6 is 12.2 Å². The second-order valence-electron chi connectivity index (χ2n) is 9.08. The maximum Gasteiger partial charge on any atom is 0.275 e. The average molecular weight is 419 g/mol. The minimum atomic E-state index is -0.173. The van der Waals surface area contributed by atoms with E-state index in [1.54, 1.807) is 0 Å². The number of rotatable bonds is 5. The number of hydrogen-bond acceptors (Lipinski definition) is 3. The summed E-state index contributed by atoms with van der Waals surface area (Å²) in [6.07, 6.45) is 0. The predicted molar refractivity (Wildman–Crippen MR) is 116 cm³/mol. The van der Waals surface area contributed by atoms with Crippen LogP contribution in [0, 0.1) is 18.6 Å². The summed E-state index contributed by atoms with van der Waals surface area (Å²) in [6.45, 7) is 15.5. The van der Waals surface area contributed by atoms with Crippen LogP contribution in [0.1, 0.15) is 32.2 Å². The summed E-state index contributed by atoms with van der Waals surface area (Å²) in [4.78, 5) is 15.0. The van der Waals surface area contributed by atoms with Crippen molar-refractivity contribution in [2.75, 3.05) is 32.7 Å². The Kier molecular flexibility index (Phi) is 6.55. The summed E-state index contributed by atoms with van der Waals surface area (Å²) < 4.78 is 4.75. The van der Waals surface area contributed by atoms with Crippen molar-refractivity contribution in [2.45, 2.75) is 46.8 Å². The summed E-state index contributed by atoms with van der Waals surface area (Å²) in [5.41, 5.74) is 2.10. The second kappa shape index (κ2) is 8.77. The largest absolute Gasteiger partial charge is 0.347 e. The van der Waals surface area contributed by atoms with Gasteiger partial charge in [-0.3, -0.25) is 9.36 Å². The Bertz CT molecular complexity index is 918. The van der Waals surface area contributed by atoms with Crippen LogP contribution in [0.5, 0.6) is 0 Å². The molecule has 0 radical (unpaired) electrons. The number of hydrogen-bond donors (Lipinski definition) is 3. The number of benzene rings is 1. The summed E-state index contributed by atoms with van der Waals surface area (Å²) in [5.74, 6) is 1.04. The Morgan fingerprint density at radius 2 is 1.76 bits per heavy atom. The van der Waals surface area contributed by atoms with Crippen molar-refractivity contribution in [1.82, 2.24) is 19.7 Å². The highest BCUT2D eigenvalue weighted by molar-refractivity contribution is 7.71. The number of piperazine rings is 1. The van der Waals surface area contributed by atoms with Gasteiger partial charge in [-0.25, -0.2) is 0 Å². The van der Waals surface area contributed by atoms with Crippen molar-refractivity contribution in [1.29, 1.82) is 0 Å². The lowest BCUT2D eigenvalue weighted by Gasteiger charge is -2.30. The lowest BCUT2D eigenvalue weighted by Crippen LogP contribution is -3.28. The van der Waals surface area contributed by atoms with Crippen molar-refractivity contribution in [3.05, 3.63) is 40.4 Å². The van der Waals surface area contributed by atoms with E-state index >= 15 is 0 Å². The molecule has 0 atom stereocenters. The molecule has 0 unspecified atom stereocenters. The van der Waals surface area contributed by atoms with Crippen LogP contribution in [0.3, 0.4) is 0 Å². The molecule has 1 aromatic heterocycles. The van der Waals surface area contributed by atoms with Crippen LogP contribution in [0.25, 0.3) is 5.69 Å². The Labute approximate surface area is 178 Å². The van der Waals surface area contributed by atoms with E-state index in [9.17, 15) is 4.79 Å². The van der Waals surface area contributed by atoms with Crippen LogP contribution < -0.4 is 15.1 Å². The number of carbonyl (C=O) groups is 1. The lowest BCUT2D eigenvalue weighted by molar-refractivity contribution is -1.02. The average Bonchev–Trinajstić information content (AvgIpc) is 2.89. The zero-order valence-electron chi connectivity index (χ0n) is 18.2. The number of nitrogens with one attached hydrogen (secondary N) is 3. The Balaban J connectivity index is 1.60. The number of aryl methyl sites for hydroxylation is 2. The fourth-order valence-corrected chi connectivity index (χ4v) is 4.24. The molecular weight excluding hydrogens is 384 g/mol. The minimum absolute atomic E-state index is 0.130. The number of quaternary nitrogens is 2. The molecule has 2 heterocycles. The van der Waals surface area contributed by atoms with Gasteiger partial charge in [0.25, 0.3) is 5.91 Å². The maximum absolute atomic E-state index is 12.2. The molecule has 0 aliphatic carbocycles. The monoisotopic (exact) mass is 418 g/mol. The van der Waals surface area contributed by atoms with Gasteiger partial charge in [-0.05, 0) is 58.5 Å². The fraction of sp³-hybridized carbons (Fsp3) is 0.571. The number of nitrogens with zero attached hydrogens (tertiary/aromatic N) is 3. The minimum Gasteiger partial charge on any atom is -0.347 e. The van der Waals surface area contributed by atoms with Crippen molar-refractivity contribution in [2.24, 2.45) is 0 Å². The first kappa shape index (κ1) is 21.7. The van der Waals surface area contributed by atoms with Crippen LogP contribution in [-0.2, 0) is 11.5 Å². The van der Waals surface area contributed by atoms with Crippen molar-refractivity contribution < 1.29 is 14.6 Å². The number of amides is 1. The third-order valence-corrected chi connectivity index (χ3v) is 5.71. The third-order valence-electron chi connectivity index (χ3n) is 5.32. The van der Waals surface area contributed by atoms with Gasteiger partial charge in [0.1, 0.15) is 32.0 Å². The zero-order chi connectivity index (χ0) is 21.2. The highest BCUT2D eigenvalue weighted by Gasteiger charge is 2.27. The number of aromatic nitrogens is 3. The first-order valence-corrected chi connectivity index (χ1v) is 10.8. The number of carbonyl (C=O) groups excluding carboxylic acids is 1. The third kappa shape index (κ3) is 5.52. The molecule has 1 fully saturated rings. The van der Waals surface area contributed by atoms with E-state index in [1.807, 2.05) is 44.5 Å². The Morgan fingerprint density at radius 3 is 2.38 bits per heavy atom. The second-order valence-corrected chi connectivity index (χ2v) is 9.45. The Morgan fingerprint density at radius 1 is 1.14 bits per heavy atom. The smallest absolute Gasteiger partial charge is 0.275 e. The molecule has 0 spiro atoms. The van der Waals surface area contributed by atoms with Crippen molar-refractivity contribution in [3.8, 4) is 5.69 Å². The quantitative estimate of drug-likeness (QED) is 0.583. The maximum atomic E-state index is 12.2. The molecule has 3 N–H and O–H groups in total. The Hall–Kier alpha value is -2.03. The topological polar surface area (TPSA) is 60.7 Å². The lowest BCUT2D eigenvalue weighted by atomic mass is 10.1. The van der Waals surface area contributed by atoms with Gasteiger partial charge in [0, 0.05) is 5.54 Å². The van der Waals surface area contributed by atoms with Gasteiger partial charge >= 0.3 is 0 Å². The van der Waals surface area contributed by atoms with Crippen molar-refractivity contribution in [3.63, 3.8) is 0 Å². The molecule has 8 heteroatoms. The molecule has 0 saturated carbocycles. The molecule has 0 bridgehead atoms. The van der Waals surface area contributed by atoms with E-state index in [1.165, 1.54) is 15.4 Å². The summed E-state index contributed by atoms with van der Waals surface area (Å²) in [5, 5.41) is 7.77. The molecule has 29 heavy (non-hydrogen) atoms. The fourth-order valence-electron chi connectivity index (χ4n) is 3.90. The highest BCUT2D eigenvalue weighted by atomic mass is 32.1. The molecule has 1 aromatic carbocycles. The van der Waals surface area contributed by atoms with Gasteiger partial charge in [0.2, 0.25) is 4.77 Å². The van der Waals surface area contributed by atoms with Crippen molar-refractivity contribution >= 4 is 18.1 Å². The molecular formula is C21H34N6OS+2. The van der Waals surface area contributed by atoms with Gasteiger partial charge in [0.15, 0.2) is 13.2 Å². The first-order valence-electron chi connectivity index (χ1n) is 10.3. The molecule has 7 nitrogen and oxygen atoms in total. The van der Waals surface area contributed by atoms with Crippen LogP contribution in [-0.4, -0.2) is 58.5 Å². The molecule has 3 rings (SSSR count). The van der Waals surface area contributed by atoms with Gasteiger partial charge in [-0.15, -0.1) is 0 Å². The van der Waals surface area contributed by atoms with E-state index in [4.69, 9.17) is 17.3 Å². The van der Waals surface area contributed by atoms with E-state index in [0.29, 0.717) is 6.54 Å². The summed E-state index contributed by atoms with van der Waals surface area (Å²) in [7, 11) is 0. The number of para-hydroxylation sites is 1. The molecule has 1 saturated heterocycles. The molecule has 158 valence electrons. The molecule has 2 aromatic rings. The standard InChI is InChI=1S/C21H32N6OS/c1-16-8-6-7-9-18(16)27-17(2)23-26(20(27)29)15-25-12-10-24(11-13-25)14-19(28)22-21(3,4)5/h6-9H,10-15H2,1-5H3,(H,22,28)/p+2. The van der Waals surface area contributed by atoms with Gasteiger partial charge in [-0.2, -0.15) is 9.78 Å². The van der Waals surface area contributed by atoms with Crippen LogP contribution in [0.4, 0.5) is 0 Å².